The van der Waals surface area contributed by atoms with Crippen LogP contribution < -0.4 is 9.64 Å². The van der Waals surface area contributed by atoms with E-state index in [4.69, 9.17) is 9.15 Å². The maximum Gasteiger partial charge on any atom is 0.152 e. The van der Waals surface area contributed by atoms with Gasteiger partial charge in [0.25, 0.3) is 0 Å². The van der Waals surface area contributed by atoms with Crippen molar-refractivity contribution in [1.29, 1.82) is 0 Å². The van der Waals surface area contributed by atoms with Crippen LogP contribution in [-0.4, -0.2) is 4.57 Å². The average Bonchev–Trinajstić information content (AvgIpc) is 3.88. The first kappa shape index (κ1) is 34.5. The van der Waals surface area contributed by atoms with Crippen LogP contribution in [-0.2, 0) is 0 Å². The molecule has 1 aliphatic heterocycles. The zero-order valence-electron chi connectivity index (χ0n) is 33.5. The van der Waals surface area contributed by atoms with Gasteiger partial charge in [0.05, 0.1) is 22.4 Å². The third-order valence-electron chi connectivity index (χ3n) is 12.6. The molecule has 0 unspecified atom stereocenters. The largest absolute Gasteiger partial charge is 0.456 e. The second-order valence-corrected chi connectivity index (χ2v) is 16.1. The summed E-state index contributed by atoms with van der Waals surface area (Å²) >= 11 is 0. The Hall–Kier alpha value is -8.34. The van der Waals surface area contributed by atoms with E-state index in [9.17, 15) is 0 Å². The van der Waals surface area contributed by atoms with Crippen molar-refractivity contribution < 1.29 is 9.15 Å². The van der Waals surface area contributed by atoms with E-state index in [0.717, 1.165) is 83.9 Å². The van der Waals surface area contributed by atoms with E-state index in [2.05, 4.69) is 204 Å². The van der Waals surface area contributed by atoms with E-state index in [-0.39, 0.29) is 0 Å². The molecule has 0 N–H and O–H groups in total. The summed E-state index contributed by atoms with van der Waals surface area (Å²) in [7, 11) is 0. The van der Waals surface area contributed by atoms with Crippen LogP contribution in [0.3, 0.4) is 0 Å². The van der Waals surface area contributed by atoms with E-state index >= 15 is 0 Å². The third-order valence-corrected chi connectivity index (χ3v) is 12.6. The molecular formula is C58H36N2O2. The molecule has 3 heterocycles. The van der Waals surface area contributed by atoms with Gasteiger partial charge < -0.3 is 18.6 Å². The monoisotopic (exact) mass is 792 g/mol. The molecule has 10 aromatic carbocycles. The number of furan rings is 1. The lowest BCUT2D eigenvalue weighted by molar-refractivity contribution is 0.476. The SMILES string of the molecule is c1cc(-c2ccc(N(c3ccc4c(c3)oc3ccccc34)c3ccccc3-c3ccc4c(c3)c3cccc5c3n4-c3ccccc3O5)cc2)cc(-c2cccc3ccccc23)c1. The quantitative estimate of drug-likeness (QED) is 0.168. The normalized spacial score (nSPS) is 12.0. The van der Waals surface area contributed by atoms with Gasteiger partial charge in [0.1, 0.15) is 11.2 Å². The van der Waals surface area contributed by atoms with Crippen molar-refractivity contribution in [3.8, 4) is 50.6 Å². The minimum absolute atomic E-state index is 0.853. The number of benzene rings is 10. The van der Waals surface area contributed by atoms with Gasteiger partial charge in [-0.1, -0.05) is 140 Å². The van der Waals surface area contributed by atoms with E-state index < -0.39 is 0 Å². The molecule has 13 rings (SSSR count). The number of rotatable bonds is 6. The predicted molar refractivity (Wildman–Crippen MR) is 257 cm³/mol. The molecule has 4 nitrogen and oxygen atoms in total. The first-order valence-electron chi connectivity index (χ1n) is 21.1. The fraction of sp³-hybridized carbons (Fsp3) is 0. The van der Waals surface area contributed by atoms with Crippen LogP contribution in [0.25, 0.3) is 93.6 Å². The smallest absolute Gasteiger partial charge is 0.152 e. The van der Waals surface area contributed by atoms with Crippen molar-refractivity contribution in [2.45, 2.75) is 0 Å². The predicted octanol–water partition coefficient (Wildman–Crippen LogP) is 16.4. The molecule has 62 heavy (non-hydrogen) atoms. The van der Waals surface area contributed by atoms with E-state index in [0.29, 0.717) is 0 Å². The Morgan fingerprint density at radius 3 is 1.98 bits per heavy atom. The van der Waals surface area contributed by atoms with Gasteiger partial charge in [-0.15, -0.1) is 0 Å². The molecule has 0 atom stereocenters. The van der Waals surface area contributed by atoms with Crippen LogP contribution in [0.15, 0.2) is 223 Å². The zero-order chi connectivity index (χ0) is 40.7. The fourth-order valence-corrected chi connectivity index (χ4v) is 9.72. The van der Waals surface area contributed by atoms with E-state index in [1.54, 1.807) is 0 Å². The van der Waals surface area contributed by atoms with Gasteiger partial charge in [-0.05, 0) is 111 Å². The minimum atomic E-state index is 0.853. The molecule has 290 valence electrons. The molecule has 2 aromatic heterocycles. The summed E-state index contributed by atoms with van der Waals surface area (Å²) in [6.45, 7) is 0. The molecule has 1 aliphatic rings. The summed E-state index contributed by atoms with van der Waals surface area (Å²) in [5, 5.41) is 7.06. The lowest BCUT2D eigenvalue weighted by Crippen LogP contribution is -2.11. The average molecular weight is 793 g/mol. The second kappa shape index (κ2) is 13.6. The molecule has 0 radical (unpaired) electrons. The standard InChI is InChI=1S/C58H36N2O2/c1-2-16-44-38(12-1)13-10-19-45(44)40-15-9-14-39(34-40)37-26-29-42(30-27-37)59(43-31-32-48-47-18-4-7-23-54(47)61-57(48)36-43)51-21-5-3-17-46(51)41-28-33-52-50(35-41)49-20-11-25-56-58(49)60(52)53-22-6-8-24-55(53)62-56/h1-36H. The van der Waals surface area contributed by atoms with Gasteiger partial charge in [0.2, 0.25) is 0 Å². The van der Waals surface area contributed by atoms with Gasteiger partial charge in [0, 0.05) is 44.5 Å². The second-order valence-electron chi connectivity index (χ2n) is 16.1. The summed E-state index contributed by atoms with van der Waals surface area (Å²) < 4.78 is 15.3. The Labute approximate surface area is 357 Å². The topological polar surface area (TPSA) is 30.5 Å². The highest BCUT2D eigenvalue weighted by molar-refractivity contribution is 6.13. The molecular weight excluding hydrogens is 757 g/mol. The molecule has 0 saturated carbocycles. The Kier molecular flexibility index (Phi) is 7.57. The van der Waals surface area contributed by atoms with Crippen molar-refractivity contribution >= 4 is 71.6 Å². The van der Waals surface area contributed by atoms with Crippen LogP contribution in [0.2, 0.25) is 0 Å². The molecule has 0 fully saturated rings. The lowest BCUT2D eigenvalue weighted by atomic mass is 9.95. The Morgan fingerprint density at radius 2 is 1.03 bits per heavy atom. The molecule has 4 heteroatoms. The van der Waals surface area contributed by atoms with Gasteiger partial charge in [-0.2, -0.15) is 0 Å². The van der Waals surface area contributed by atoms with Crippen molar-refractivity contribution in [1.82, 2.24) is 4.57 Å². The number of hydrogen-bond acceptors (Lipinski definition) is 3. The number of ether oxygens (including phenoxy) is 1. The Bertz CT molecular complexity index is 3740. The molecule has 0 spiro atoms. The minimum Gasteiger partial charge on any atom is -0.456 e. The number of fused-ring (bicyclic) bond motifs is 9. The highest BCUT2D eigenvalue weighted by Gasteiger charge is 2.25. The van der Waals surface area contributed by atoms with Crippen LogP contribution in [0.5, 0.6) is 11.5 Å². The molecule has 12 aromatic rings. The highest BCUT2D eigenvalue weighted by Crippen LogP contribution is 2.48. The van der Waals surface area contributed by atoms with Gasteiger partial charge in [0.15, 0.2) is 11.5 Å². The summed E-state index contributed by atoms with van der Waals surface area (Å²) in [5.74, 6) is 1.73. The summed E-state index contributed by atoms with van der Waals surface area (Å²) in [5.41, 5.74) is 15.2. The van der Waals surface area contributed by atoms with E-state index in [1.165, 1.54) is 38.2 Å². The molecule has 0 saturated heterocycles. The third kappa shape index (κ3) is 5.33. The molecule has 0 amide bonds. The van der Waals surface area contributed by atoms with Gasteiger partial charge >= 0.3 is 0 Å². The Morgan fingerprint density at radius 1 is 0.371 bits per heavy atom. The van der Waals surface area contributed by atoms with E-state index in [1.807, 2.05) is 24.3 Å². The van der Waals surface area contributed by atoms with Crippen LogP contribution >= 0.6 is 0 Å². The van der Waals surface area contributed by atoms with Crippen LogP contribution in [0, 0.1) is 0 Å². The van der Waals surface area contributed by atoms with Crippen molar-refractivity contribution in [3.05, 3.63) is 218 Å². The first-order valence-corrected chi connectivity index (χ1v) is 21.1. The number of hydrogen-bond donors (Lipinski definition) is 0. The zero-order valence-corrected chi connectivity index (χ0v) is 33.5. The maximum absolute atomic E-state index is 6.48. The van der Waals surface area contributed by atoms with Gasteiger partial charge in [-0.25, -0.2) is 0 Å². The van der Waals surface area contributed by atoms with Crippen LogP contribution in [0.1, 0.15) is 0 Å². The summed E-state index contributed by atoms with van der Waals surface area (Å²) in [4.78, 5) is 2.36. The number of aromatic nitrogens is 1. The van der Waals surface area contributed by atoms with Crippen molar-refractivity contribution in [2.75, 3.05) is 4.90 Å². The van der Waals surface area contributed by atoms with Crippen molar-refractivity contribution in [2.24, 2.45) is 0 Å². The fourth-order valence-electron chi connectivity index (χ4n) is 9.72. The molecule has 0 aliphatic carbocycles. The number of nitrogens with zero attached hydrogens (tertiary/aromatic N) is 2. The van der Waals surface area contributed by atoms with Crippen LogP contribution in [0.4, 0.5) is 17.1 Å². The Balaban J connectivity index is 0.960. The number of anilines is 3. The van der Waals surface area contributed by atoms with Crippen molar-refractivity contribution in [3.63, 3.8) is 0 Å². The van der Waals surface area contributed by atoms with Gasteiger partial charge in [-0.3, -0.25) is 0 Å². The molecule has 0 bridgehead atoms. The summed E-state index contributed by atoms with van der Waals surface area (Å²) in [6, 6.07) is 78.1. The first-order chi connectivity index (χ1) is 30.7. The summed E-state index contributed by atoms with van der Waals surface area (Å²) in [6.07, 6.45) is 0. The maximum atomic E-state index is 6.48. The number of para-hydroxylation sites is 5. The highest BCUT2D eigenvalue weighted by atomic mass is 16.5. The lowest BCUT2D eigenvalue weighted by Gasteiger charge is -2.28.